The molecule has 4 heteroatoms. The fourth-order valence-electron chi connectivity index (χ4n) is 2.64. The fraction of sp³-hybridized carbons (Fsp3) is 0.471. The van der Waals surface area contributed by atoms with E-state index in [0.29, 0.717) is 0 Å². The molecule has 1 atom stereocenters. The summed E-state index contributed by atoms with van der Waals surface area (Å²) < 4.78 is 0. The minimum atomic E-state index is -0.0451. The highest BCUT2D eigenvalue weighted by atomic mass is 16.1. The Kier molecular flexibility index (Phi) is 5.81. The number of carbonyl (C=O) groups excluding carboxylic acids is 1. The molecule has 0 aromatic heterocycles. The lowest BCUT2D eigenvalue weighted by molar-refractivity contribution is -0.117. The van der Waals surface area contributed by atoms with E-state index < -0.39 is 0 Å². The first-order chi connectivity index (χ1) is 10.1. The van der Waals surface area contributed by atoms with Gasteiger partial charge in [0.1, 0.15) is 0 Å². The van der Waals surface area contributed by atoms with E-state index in [1.165, 1.54) is 19.3 Å². The summed E-state index contributed by atoms with van der Waals surface area (Å²) in [5.74, 6) is -0.0451. The number of nitrogens with two attached hydrogens (primary N) is 1. The predicted octanol–water partition coefficient (Wildman–Crippen LogP) is 2.27. The Balaban J connectivity index is 1.76. The van der Waals surface area contributed by atoms with Crippen LogP contribution in [0.15, 0.2) is 30.3 Å². The highest BCUT2D eigenvalue weighted by Crippen LogP contribution is 2.09. The zero-order valence-corrected chi connectivity index (χ0v) is 12.7. The van der Waals surface area contributed by atoms with Crippen molar-refractivity contribution in [1.82, 2.24) is 10.2 Å². The van der Waals surface area contributed by atoms with Gasteiger partial charge in [-0.3, -0.25) is 4.79 Å². The molecule has 0 radical (unpaired) electrons. The summed E-state index contributed by atoms with van der Waals surface area (Å²) in [7, 11) is 0. The van der Waals surface area contributed by atoms with Crippen LogP contribution in [-0.2, 0) is 4.79 Å². The summed E-state index contributed by atoms with van der Waals surface area (Å²) in [5, 5.41) is 3.02. The van der Waals surface area contributed by atoms with E-state index in [1.54, 1.807) is 6.08 Å². The van der Waals surface area contributed by atoms with Gasteiger partial charge in [0.25, 0.3) is 0 Å². The summed E-state index contributed by atoms with van der Waals surface area (Å²) in [6.07, 6.45) is 7.28. The second kappa shape index (κ2) is 7.84. The predicted molar refractivity (Wildman–Crippen MR) is 87.8 cm³/mol. The van der Waals surface area contributed by atoms with E-state index in [4.69, 9.17) is 5.73 Å². The maximum Gasteiger partial charge on any atom is 0.244 e. The first-order valence-corrected chi connectivity index (χ1v) is 7.70. The molecule has 1 amide bonds. The number of likely N-dealkylation sites (tertiary alicyclic amines) is 1. The molecule has 0 saturated carbocycles. The summed E-state index contributed by atoms with van der Waals surface area (Å²) in [6.45, 7) is 5.30. The Morgan fingerprint density at radius 1 is 1.29 bits per heavy atom. The van der Waals surface area contributed by atoms with Crippen LogP contribution in [0.4, 0.5) is 5.69 Å². The van der Waals surface area contributed by atoms with Crippen molar-refractivity contribution in [3.8, 4) is 0 Å². The van der Waals surface area contributed by atoms with Gasteiger partial charge < -0.3 is 16.0 Å². The van der Waals surface area contributed by atoms with Gasteiger partial charge >= 0.3 is 0 Å². The van der Waals surface area contributed by atoms with E-state index in [-0.39, 0.29) is 11.9 Å². The SMILES string of the molecule is CC(CN1CCCCC1)NC(=O)/C=C/c1ccc(N)cc1. The van der Waals surface area contributed by atoms with Crippen molar-refractivity contribution in [2.45, 2.75) is 32.2 Å². The summed E-state index contributed by atoms with van der Waals surface area (Å²) in [5.41, 5.74) is 7.33. The van der Waals surface area contributed by atoms with Crippen LogP contribution in [0.5, 0.6) is 0 Å². The van der Waals surface area contributed by atoms with Crippen LogP contribution in [0.25, 0.3) is 6.08 Å². The molecule has 1 aliphatic rings. The van der Waals surface area contributed by atoms with E-state index in [1.807, 2.05) is 30.3 Å². The Labute approximate surface area is 127 Å². The van der Waals surface area contributed by atoms with Gasteiger partial charge in [0, 0.05) is 24.4 Å². The van der Waals surface area contributed by atoms with Crippen molar-refractivity contribution in [3.05, 3.63) is 35.9 Å². The van der Waals surface area contributed by atoms with Crippen molar-refractivity contribution >= 4 is 17.7 Å². The van der Waals surface area contributed by atoms with Crippen molar-refractivity contribution in [2.75, 3.05) is 25.4 Å². The van der Waals surface area contributed by atoms with Gasteiger partial charge in [0.2, 0.25) is 5.91 Å². The highest BCUT2D eigenvalue weighted by Gasteiger charge is 2.13. The topological polar surface area (TPSA) is 58.4 Å². The van der Waals surface area contributed by atoms with E-state index in [2.05, 4.69) is 17.1 Å². The minimum Gasteiger partial charge on any atom is -0.399 e. The quantitative estimate of drug-likeness (QED) is 0.645. The maximum atomic E-state index is 11.9. The molecule has 0 bridgehead atoms. The number of amides is 1. The Morgan fingerprint density at radius 2 is 1.95 bits per heavy atom. The molecule has 0 aliphatic carbocycles. The van der Waals surface area contributed by atoms with E-state index in [0.717, 1.165) is 30.9 Å². The first kappa shape index (κ1) is 15.6. The van der Waals surface area contributed by atoms with Crippen LogP contribution in [0, 0.1) is 0 Å². The number of nitrogens with one attached hydrogen (secondary N) is 1. The third-order valence-electron chi connectivity index (χ3n) is 3.73. The van der Waals surface area contributed by atoms with Gasteiger partial charge in [-0.05, 0) is 56.6 Å². The minimum absolute atomic E-state index is 0.0451. The molecule has 3 N–H and O–H groups in total. The monoisotopic (exact) mass is 287 g/mol. The molecule has 1 unspecified atom stereocenters. The van der Waals surface area contributed by atoms with Gasteiger partial charge in [-0.15, -0.1) is 0 Å². The average molecular weight is 287 g/mol. The van der Waals surface area contributed by atoms with Crippen molar-refractivity contribution in [2.24, 2.45) is 0 Å². The number of hydrogen-bond acceptors (Lipinski definition) is 3. The zero-order chi connectivity index (χ0) is 15.1. The summed E-state index contributed by atoms with van der Waals surface area (Å²) in [4.78, 5) is 14.3. The molecule has 1 fully saturated rings. The molecule has 4 nitrogen and oxygen atoms in total. The number of benzene rings is 1. The third-order valence-corrected chi connectivity index (χ3v) is 3.73. The largest absolute Gasteiger partial charge is 0.399 e. The van der Waals surface area contributed by atoms with Gasteiger partial charge in [-0.1, -0.05) is 18.6 Å². The number of carbonyl (C=O) groups is 1. The van der Waals surface area contributed by atoms with Crippen molar-refractivity contribution < 1.29 is 4.79 Å². The second-order valence-corrected chi connectivity index (χ2v) is 5.77. The number of rotatable bonds is 5. The standard InChI is InChI=1S/C17H25N3O/c1-14(13-20-11-3-2-4-12-20)19-17(21)10-7-15-5-8-16(18)9-6-15/h5-10,14H,2-4,11-13,18H2,1H3,(H,19,21)/b10-7+. The van der Waals surface area contributed by atoms with Crippen LogP contribution >= 0.6 is 0 Å². The Morgan fingerprint density at radius 3 is 2.62 bits per heavy atom. The molecular formula is C17H25N3O. The molecule has 1 saturated heterocycles. The molecule has 1 aliphatic heterocycles. The fourth-order valence-corrected chi connectivity index (χ4v) is 2.64. The molecule has 2 rings (SSSR count). The number of nitrogen functional groups attached to an aromatic ring is 1. The molecule has 114 valence electrons. The number of piperidine rings is 1. The Bertz CT molecular complexity index is 475. The molecule has 1 aromatic carbocycles. The first-order valence-electron chi connectivity index (χ1n) is 7.70. The van der Waals surface area contributed by atoms with Crippen LogP contribution in [0.1, 0.15) is 31.7 Å². The van der Waals surface area contributed by atoms with Crippen molar-refractivity contribution in [1.29, 1.82) is 0 Å². The van der Waals surface area contributed by atoms with Crippen LogP contribution < -0.4 is 11.1 Å². The van der Waals surface area contributed by atoms with Gasteiger partial charge in [-0.2, -0.15) is 0 Å². The van der Waals surface area contributed by atoms with E-state index >= 15 is 0 Å². The smallest absolute Gasteiger partial charge is 0.244 e. The molecule has 1 aromatic rings. The van der Waals surface area contributed by atoms with Gasteiger partial charge in [0.15, 0.2) is 0 Å². The van der Waals surface area contributed by atoms with Gasteiger partial charge in [0.05, 0.1) is 0 Å². The zero-order valence-electron chi connectivity index (χ0n) is 12.7. The van der Waals surface area contributed by atoms with Crippen LogP contribution in [0.2, 0.25) is 0 Å². The molecule has 1 heterocycles. The molecular weight excluding hydrogens is 262 g/mol. The number of nitrogens with zero attached hydrogens (tertiary/aromatic N) is 1. The van der Waals surface area contributed by atoms with Crippen molar-refractivity contribution in [3.63, 3.8) is 0 Å². The lowest BCUT2D eigenvalue weighted by Gasteiger charge is -2.29. The normalized spacial score (nSPS) is 17.8. The van der Waals surface area contributed by atoms with Crippen LogP contribution in [0.3, 0.4) is 0 Å². The van der Waals surface area contributed by atoms with E-state index in [9.17, 15) is 4.79 Å². The van der Waals surface area contributed by atoms with Gasteiger partial charge in [-0.25, -0.2) is 0 Å². The molecule has 21 heavy (non-hydrogen) atoms. The summed E-state index contributed by atoms with van der Waals surface area (Å²) in [6, 6.07) is 7.63. The van der Waals surface area contributed by atoms with Crippen LogP contribution in [-0.4, -0.2) is 36.5 Å². The number of anilines is 1. The second-order valence-electron chi connectivity index (χ2n) is 5.77. The average Bonchev–Trinajstić information content (AvgIpc) is 2.47. The maximum absolute atomic E-state index is 11.9. The Hall–Kier alpha value is -1.81. The summed E-state index contributed by atoms with van der Waals surface area (Å²) >= 11 is 0. The molecule has 0 spiro atoms. The lowest BCUT2D eigenvalue weighted by atomic mass is 10.1. The lowest BCUT2D eigenvalue weighted by Crippen LogP contribution is -2.43. The number of hydrogen-bond donors (Lipinski definition) is 2. The highest BCUT2D eigenvalue weighted by molar-refractivity contribution is 5.91. The third kappa shape index (κ3) is 5.60.